The predicted molar refractivity (Wildman–Crippen MR) is 131 cm³/mol. The summed E-state index contributed by atoms with van der Waals surface area (Å²) in [6, 6.07) is 12.9. The fourth-order valence-electron chi connectivity index (χ4n) is 4.33. The van der Waals surface area contributed by atoms with Crippen molar-refractivity contribution < 1.29 is 23.8 Å². The smallest absolute Gasteiger partial charge is 0.242 e. The Kier molecular flexibility index (Phi) is 9.19. The van der Waals surface area contributed by atoms with E-state index < -0.39 is 6.04 Å². The van der Waals surface area contributed by atoms with Crippen LogP contribution in [0.3, 0.4) is 0 Å². The van der Waals surface area contributed by atoms with Gasteiger partial charge in [-0.15, -0.1) is 0 Å². The molecule has 1 fully saturated rings. The van der Waals surface area contributed by atoms with Gasteiger partial charge in [-0.05, 0) is 61.6 Å². The Labute approximate surface area is 202 Å². The predicted octanol–water partition coefficient (Wildman–Crippen LogP) is 4.12. The summed E-state index contributed by atoms with van der Waals surface area (Å²) in [4.78, 5) is 28.1. The Hall–Kier alpha value is -3.22. The number of benzene rings is 2. The van der Waals surface area contributed by atoms with E-state index in [-0.39, 0.29) is 24.3 Å². The first-order chi connectivity index (χ1) is 16.4. The Morgan fingerprint density at radius 3 is 2.21 bits per heavy atom. The Bertz CT molecular complexity index is 954. The van der Waals surface area contributed by atoms with Crippen LogP contribution in [0.5, 0.6) is 17.2 Å². The molecule has 184 valence electrons. The lowest BCUT2D eigenvalue weighted by atomic mass is 10.1. The van der Waals surface area contributed by atoms with E-state index in [1.54, 1.807) is 26.2 Å². The Morgan fingerprint density at radius 1 is 0.941 bits per heavy atom. The van der Waals surface area contributed by atoms with Crippen molar-refractivity contribution >= 4 is 11.8 Å². The van der Waals surface area contributed by atoms with Crippen molar-refractivity contribution in [2.45, 2.75) is 64.1 Å². The maximum absolute atomic E-state index is 13.4. The molecule has 1 atom stereocenters. The number of nitrogens with one attached hydrogen (secondary N) is 1. The number of hydrogen-bond donors (Lipinski definition) is 1. The first-order valence-electron chi connectivity index (χ1n) is 11.9. The summed E-state index contributed by atoms with van der Waals surface area (Å²) >= 11 is 0. The van der Waals surface area contributed by atoms with E-state index in [9.17, 15) is 9.59 Å². The van der Waals surface area contributed by atoms with Crippen LogP contribution in [0, 0.1) is 0 Å². The molecule has 0 aliphatic heterocycles. The molecule has 1 N–H and O–H groups in total. The molecule has 0 radical (unpaired) electrons. The molecule has 1 aliphatic carbocycles. The number of rotatable bonds is 11. The lowest BCUT2D eigenvalue weighted by Gasteiger charge is -2.30. The van der Waals surface area contributed by atoms with E-state index in [1.807, 2.05) is 49.4 Å². The summed E-state index contributed by atoms with van der Waals surface area (Å²) in [6.45, 7) is 2.16. The van der Waals surface area contributed by atoms with Crippen LogP contribution in [-0.2, 0) is 22.6 Å². The Morgan fingerprint density at radius 2 is 1.59 bits per heavy atom. The van der Waals surface area contributed by atoms with Gasteiger partial charge in [0.2, 0.25) is 11.8 Å². The minimum Gasteiger partial charge on any atom is -0.497 e. The van der Waals surface area contributed by atoms with Crippen LogP contribution in [0.25, 0.3) is 0 Å². The first-order valence-corrected chi connectivity index (χ1v) is 11.9. The van der Waals surface area contributed by atoms with Gasteiger partial charge in [-0.2, -0.15) is 0 Å². The molecule has 0 saturated heterocycles. The summed E-state index contributed by atoms with van der Waals surface area (Å²) in [6.07, 6.45) is 5.11. The number of aryl methyl sites for hydroxylation is 1. The van der Waals surface area contributed by atoms with E-state index >= 15 is 0 Å². The van der Waals surface area contributed by atoms with Crippen molar-refractivity contribution in [3.63, 3.8) is 0 Å². The lowest BCUT2D eigenvalue weighted by Crippen LogP contribution is -2.49. The number of carbonyl (C=O) groups is 2. The molecule has 1 saturated carbocycles. The van der Waals surface area contributed by atoms with Crippen molar-refractivity contribution in [1.82, 2.24) is 10.2 Å². The van der Waals surface area contributed by atoms with Crippen LogP contribution in [0.15, 0.2) is 42.5 Å². The van der Waals surface area contributed by atoms with Gasteiger partial charge in [-0.1, -0.05) is 31.0 Å². The third-order valence-electron chi connectivity index (χ3n) is 6.46. The highest BCUT2D eigenvalue weighted by molar-refractivity contribution is 5.87. The topological polar surface area (TPSA) is 77.1 Å². The summed E-state index contributed by atoms with van der Waals surface area (Å²) in [5, 5.41) is 3.14. The summed E-state index contributed by atoms with van der Waals surface area (Å²) < 4.78 is 15.9. The van der Waals surface area contributed by atoms with Gasteiger partial charge < -0.3 is 24.4 Å². The standard InChI is InChI=1S/C27H36N2O5/c1-19(27(31)28-22-7-5-6-8-22)29(18-21-9-13-23(32-2)14-10-21)26(30)16-12-20-11-15-24(33-3)25(17-20)34-4/h9-11,13-15,17,19,22H,5-8,12,16,18H2,1-4H3,(H,28,31)/t19-/m1/s1. The van der Waals surface area contributed by atoms with Gasteiger partial charge in [-0.25, -0.2) is 0 Å². The highest BCUT2D eigenvalue weighted by atomic mass is 16.5. The maximum Gasteiger partial charge on any atom is 0.242 e. The molecule has 7 nitrogen and oxygen atoms in total. The molecule has 2 aromatic rings. The van der Waals surface area contributed by atoms with Gasteiger partial charge in [-0.3, -0.25) is 9.59 Å². The molecule has 0 bridgehead atoms. The normalized spacial score (nSPS) is 14.4. The second-order valence-electron chi connectivity index (χ2n) is 8.72. The zero-order valence-electron chi connectivity index (χ0n) is 20.6. The zero-order chi connectivity index (χ0) is 24.5. The van der Waals surface area contributed by atoms with E-state index in [2.05, 4.69) is 5.32 Å². The number of methoxy groups -OCH3 is 3. The number of carbonyl (C=O) groups excluding carboxylic acids is 2. The average Bonchev–Trinajstić information content (AvgIpc) is 3.38. The van der Waals surface area contributed by atoms with Gasteiger partial charge in [0.1, 0.15) is 11.8 Å². The van der Waals surface area contributed by atoms with E-state index in [4.69, 9.17) is 14.2 Å². The molecule has 2 amide bonds. The monoisotopic (exact) mass is 468 g/mol. The second kappa shape index (κ2) is 12.3. The molecule has 0 spiro atoms. The third kappa shape index (κ3) is 6.65. The third-order valence-corrected chi connectivity index (χ3v) is 6.46. The van der Waals surface area contributed by atoms with E-state index in [0.717, 1.165) is 42.6 Å². The Balaban J connectivity index is 1.72. The quantitative estimate of drug-likeness (QED) is 0.537. The molecule has 0 unspecified atom stereocenters. The van der Waals surface area contributed by atoms with Crippen molar-refractivity contribution in [3.8, 4) is 17.2 Å². The number of nitrogens with zero attached hydrogens (tertiary/aromatic N) is 1. The van der Waals surface area contributed by atoms with Crippen LogP contribution in [0.1, 0.15) is 50.2 Å². The van der Waals surface area contributed by atoms with Gasteiger partial charge in [0.05, 0.1) is 21.3 Å². The van der Waals surface area contributed by atoms with Crippen LogP contribution >= 0.6 is 0 Å². The molecule has 0 aromatic heterocycles. The summed E-state index contributed by atoms with van der Waals surface area (Å²) in [5.74, 6) is 1.87. The molecule has 3 rings (SSSR count). The van der Waals surface area contributed by atoms with Crippen LogP contribution < -0.4 is 19.5 Å². The molecular formula is C27H36N2O5. The highest BCUT2D eigenvalue weighted by Crippen LogP contribution is 2.28. The largest absolute Gasteiger partial charge is 0.497 e. The highest BCUT2D eigenvalue weighted by Gasteiger charge is 2.28. The molecule has 1 aliphatic rings. The molecule has 34 heavy (non-hydrogen) atoms. The fourth-order valence-corrected chi connectivity index (χ4v) is 4.33. The van der Waals surface area contributed by atoms with Gasteiger partial charge in [0.25, 0.3) is 0 Å². The van der Waals surface area contributed by atoms with Crippen molar-refractivity contribution in [3.05, 3.63) is 53.6 Å². The maximum atomic E-state index is 13.4. The van der Waals surface area contributed by atoms with Crippen molar-refractivity contribution in [1.29, 1.82) is 0 Å². The molecule has 2 aromatic carbocycles. The van der Waals surface area contributed by atoms with Crippen molar-refractivity contribution in [2.75, 3.05) is 21.3 Å². The van der Waals surface area contributed by atoms with Gasteiger partial charge in [0.15, 0.2) is 11.5 Å². The minimum absolute atomic E-state index is 0.0697. The number of ether oxygens (including phenoxy) is 3. The van der Waals surface area contributed by atoms with Gasteiger partial charge in [0, 0.05) is 19.0 Å². The van der Waals surface area contributed by atoms with Crippen LogP contribution in [-0.4, -0.2) is 50.1 Å². The van der Waals surface area contributed by atoms with E-state index in [0.29, 0.717) is 24.5 Å². The average molecular weight is 469 g/mol. The molecular weight excluding hydrogens is 432 g/mol. The first kappa shape index (κ1) is 25.4. The molecule has 7 heteroatoms. The molecule has 0 heterocycles. The van der Waals surface area contributed by atoms with Gasteiger partial charge >= 0.3 is 0 Å². The number of hydrogen-bond acceptors (Lipinski definition) is 5. The van der Waals surface area contributed by atoms with Crippen LogP contribution in [0.4, 0.5) is 0 Å². The summed E-state index contributed by atoms with van der Waals surface area (Å²) in [7, 11) is 4.80. The summed E-state index contributed by atoms with van der Waals surface area (Å²) in [5.41, 5.74) is 1.92. The lowest BCUT2D eigenvalue weighted by molar-refractivity contribution is -0.140. The zero-order valence-corrected chi connectivity index (χ0v) is 20.6. The van der Waals surface area contributed by atoms with Crippen LogP contribution in [0.2, 0.25) is 0 Å². The second-order valence-corrected chi connectivity index (χ2v) is 8.72. The van der Waals surface area contributed by atoms with Crippen molar-refractivity contribution in [2.24, 2.45) is 0 Å². The SMILES string of the molecule is COc1ccc(CN(C(=O)CCc2ccc(OC)c(OC)c2)[C@H](C)C(=O)NC2CCCC2)cc1. The van der Waals surface area contributed by atoms with E-state index in [1.165, 1.54) is 0 Å². The fraction of sp³-hybridized carbons (Fsp3) is 0.481. The minimum atomic E-state index is -0.569. The number of amides is 2.